The molecule has 1 aliphatic carbocycles. The molecule has 17 heavy (non-hydrogen) atoms. The van der Waals surface area contributed by atoms with Gasteiger partial charge in [0.1, 0.15) is 23.1 Å². The van der Waals surface area contributed by atoms with Crippen molar-refractivity contribution in [2.45, 2.75) is 58.5 Å². The largest absolute Gasteiger partial charge is 0.459 e. The smallest absolute Gasteiger partial charge is 0.320 e. The lowest BCUT2D eigenvalue weighted by Gasteiger charge is -2.29. The monoisotopic (exact) mass is 240 g/mol. The molecule has 0 aliphatic heterocycles. The molecule has 0 aromatic heterocycles. The predicted octanol–water partition coefficient (Wildman–Crippen LogP) is 2.05. The Morgan fingerprint density at radius 1 is 1.47 bits per heavy atom. The molecule has 0 aromatic carbocycles. The van der Waals surface area contributed by atoms with Gasteiger partial charge in [-0.15, -0.1) is 0 Å². The van der Waals surface area contributed by atoms with Crippen LogP contribution in [0.15, 0.2) is 0 Å². The Balaban J connectivity index is 2.87. The molecule has 0 unspecified atom stereocenters. The van der Waals surface area contributed by atoms with Gasteiger partial charge in [0, 0.05) is 12.8 Å². The van der Waals surface area contributed by atoms with Crippen molar-refractivity contribution in [1.82, 2.24) is 0 Å². The van der Waals surface area contributed by atoms with Crippen LogP contribution in [-0.2, 0) is 19.1 Å². The van der Waals surface area contributed by atoms with Crippen LogP contribution in [0.1, 0.15) is 52.9 Å². The lowest BCUT2D eigenvalue weighted by molar-refractivity contribution is -0.169. The molecule has 1 saturated carbocycles. The number of ether oxygens (including phenoxy) is 1. The first-order valence-electron chi connectivity index (χ1n) is 6.02. The summed E-state index contributed by atoms with van der Waals surface area (Å²) in [7, 11) is 0. The summed E-state index contributed by atoms with van der Waals surface area (Å²) in [5, 5.41) is 0. The second-order valence-electron chi connectivity index (χ2n) is 5.57. The van der Waals surface area contributed by atoms with Gasteiger partial charge in [0.15, 0.2) is 0 Å². The summed E-state index contributed by atoms with van der Waals surface area (Å²) in [6.45, 7) is 5.33. The van der Waals surface area contributed by atoms with E-state index in [0.717, 1.165) is 6.29 Å². The minimum atomic E-state index is -1.06. The highest BCUT2D eigenvalue weighted by molar-refractivity contribution is 6.05. The van der Waals surface area contributed by atoms with Crippen molar-refractivity contribution in [2.75, 3.05) is 0 Å². The van der Waals surface area contributed by atoms with E-state index in [1.54, 1.807) is 20.8 Å². The quantitative estimate of drug-likeness (QED) is 0.428. The average molecular weight is 240 g/mol. The number of esters is 1. The maximum atomic E-state index is 12.1. The van der Waals surface area contributed by atoms with Gasteiger partial charge in [-0.25, -0.2) is 0 Å². The SMILES string of the molecule is CC(C)(C)OC(=O)[C@]1(CCC=O)CCCC1=O. The number of carbonyl (C=O) groups excluding carboxylic acids is 3. The van der Waals surface area contributed by atoms with Crippen LogP contribution >= 0.6 is 0 Å². The molecule has 0 heterocycles. The van der Waals surface area contributed by atoms with Crippen molar-refractivity contribution in [3.8, 4) is 0 Å². The standard InChI is InChI=1S/C13H20O4/c1-12(2,3)17-11(16)13(8-5-9-14)7-4-6-10(13)15/h9H,4-8H2,1-3H3/t13-/m0/s1. The third-order valence-electron chi connectivity index (χ3n) is 3.02. The molecule has 1 fully saturated rings. The summed E-state index contributed by atoms with van der Waals surface area (Å²) >= 11 is 0. The lowest BCUT2D eigenvalue weighted by Crippen LogP contribution is -2.40. The molecule has 0 saturated heterocycles. The molecule has 4 nitrogen and oxygen atoms in total. The first-order valence-corrected chi connectivity index (χ1v) is 6.02. The number of Topliss-reactive ketones (excluding diaryl/α,β-unsaturated/α-hetero) is 1. The van der Waals surface area contributed by atoms with E-state index in [-0.39, 0.29) is 18.6 Å². The maximum Gasteiger partial charge on any atom is 0.320 e. The van der Waals surface area contributed by atoms with Gasteiger partial charge in [-0.3, -0.25) is 9.59 Å². The zero-order chi connectivity index (χ0) is 13.1. The van der Waals surface area contributed by atoms with E-state index in [1.165, 1.54) is 0 Å². The molecule has 96 valence electrons. The van der Waals surface area contributed by atoms with E-state index in [2.05, 4.69) is 0 Å². The highest BCUT2D eigenvalue weighted by Gasteiger charge is 2.50. The van der Waals surface area contributed by atoms with Gasteiger partial charge < -0.3 is 9.53 Å². The van der Waals surface area contributed by atoms with Gasteiger partial charge in [0.2, 0.25) is 0 Å². The number of carbonyl (C=O) groups is 3. The van der Waals surface area contributed by atoms with Crippen LogP contribution in [-0.4, -0.2) is 23.6 Å². The number of rotatable bonds is 4. The lowest BCUT2D eigenvalue weighted by atomic mass is 9.80. The minimum Gasteiger partial charge on any atom is -0.459 e. The molecule has 1 rings (SSSR count). The Hall–Kier alpha value is -1.19. The van der Waals surface area contributed by atoms with Crippen LogP contribution in [0.2, 0.25) is 0 Å². The summed E-state index contributed by atoms with van der Waals surface area (Å²) in [6, 6.07) is 0. The minimum absolute atomic E-state index is 0.0754. The van der Waals surface area contributed by atoms with Crippen LogP contribution in [0.3, 0.4) is 0 Å². The molecule has 0 N–H and O–H groups in total. The Morgan fingerprint density at radius 2 is 2.12 bits per heavy atom. The molecule has 4 heteroatoms. The van der Waals surface area contributed by atoms with E-state index in [0.29, 0.717) is 19.3 Å². The fraction of sp³-hybridized carbons (Fsp3) is 0.769. The maximum absolute atomic E-state index is 12.1. The van der Waals surface area contributed by atoms with Gasteiger partial charge in [0.05, 0.1) is 0 Å². The summed E-state index contributed by atoms with van der Waals surface area (Å²) < 4.78 is 5.32. The van der Waals surface area contributed by atoms with Crippen molar-refractivity contribution in [3.05, 3.63) is 0 Å². The Morgan fingerprint density at radius 3 is 2.53 bits per heavy atom. The van der Waals surface area contributed by atoms with Crippen molar-refractivity contribution in [3.63, 3.8) is 0 Å². The van der Waals surface area contributed by atoms with Crippen molar-refractivity contribution < 1.29 is 19.1 Å². The van der Waals surface area contributed by atoms with Crippen LogP contribution < -0.4 is 0 Å². The van der Waals surface area contributed by atoms with Gasteiger partial charge in [-0.1, -0.05) is 0 Å². The van der Waals surface area contributed by atoms with Crippen LogP contribution in [0.4, 0.5) is 0 Å². The second-order valence-corrected chi connectivity index (χ2v) is 5.57. The third-order valence-corrected chi connectivity index (χ3v) is 3.02. The van der Waals surface area contributed by atoms with Crippen LogP contribution in [0, 0.1) is 5.41 Å². The normalized spacial score (nSPS) is 24.8. The molecule has 0 spiro atoms. The van der Waals surface area contributed by atoms with E-state index in [1.807, 2.05) is 0 Å². The number of aldehydes is 1. The zero-order valence-electron chi connectivity index (χ0n) is 10.7. The van der Waals surface area contributed by atoms with Crippen molar-refractivity contribution >= 4 is 18.0 Å². The summed E-state index contributed by atoms with van der Waals surface area (Å²) in [5.74, 6) is -0.539. The molecule has 0 aromatic rings. The fourth-order valence-corrected chi connectivity index (χ4v) is 2.19. The summed E-state index contributed by atoms with van der Waals surface area (Å²) in [6.07, 6.45) is 2.89. The molecule has 0 amide bonds. The Bertz CT molecular complexity index is 327. The van der Waals surface area contributed by atoms with Gasteiger partial charge in [-0.2, -0.15) is 0 Å². The zero-order valence-corrected chi connectivity index (χ0v) is 10.7. The number of hydrogen-bond acceptors (Lipinski definition) is 4. The Kier molecular flexibility index (Phi) is 4.07. The van der Waals surface area contributed by atoms with E-state index < -0.39 is 17.0 Å². The number of hydrogen-bond donors (Lipinski definition) is 0. The Labute approximate surface area is 102 Å². The fourth-order valence-electron chi connectivity index (χ4n) is 2.19. The second kappa shape index (κ2) is 4.98. The van der Waals surface area contributed by atoms with E-state index >= 15 is 0 Å². The summed E-state index contributed by atoms with van der Waals surface area (Å²) in [4.78, 5) is 34.5. The van der Waals surface area contributed by atoms with Crippen LogP contribution in [0.25, 0.3) is 0 Å². The molecular formula is C13H20O4. The van der Waals surface area contributed by atoms with Gasteiger partial charge in [-0.05, 0) is 40.0 Å². The van der Waals surface area contributed by atoms with Crippen molar-refractivity contribution in [2.24, 2.45) is 5.41 Å². The molecule has 1 aliphatic rings. The predicted molar refractivity (Wildman–Crippen MR) is 62.4 cm³/mol. The first kappa shape index (κ1) is 13.9. The topological polar surface area (TPSA) is 60.4 Å². The summed E-state index contributed by atoms with van der Waals surface area (Å²) in [5.41, 5.74) is -1.66. The third kappa shape index (κ3) is 3.14. The van der Waals surface area contributed by atoms with Crippen LogP contribution in [0.5, 0.6) is 0 Å². The first-order chi connectivity index (χ1) is 7.82. The molecule has 0 radical (unpaired) electrons. The van der Waals surface area contributed by atoms with E-state index in [9.17, 15) is 14.4 Å². The molecular weight excluding hydrogens is 220 g/mol. The molecule has 1 atom stereocenters. The number of ketones is 1. The highest BCUT2D eigenvalue weighted by atomic mass is 16.6. The van der Waals surface area contributed by atoms with Gasteiger partial charge in [0.25, 0.3) is 0 Å². The average Bonchev–Trinajstić information content (AvgIpc) is 2.55. The highest BCUT2D eigenvalue weighted by Crippen LogP contribution is 2.40. The van der Waals surface area contributed by atoms with Gasteiger partial charge >= 0.3 is 5.97 Å². The van der Waals surface area contributed by atoms with E-state index in [4.69, 9.17) is 4.74 Å². The van der Waals surface area contributed by atoms with Crippen molar-refractivity contribution in [1.29, 1.82) is 0 Å². The molecule has 0 bridgehead atoms.